The lowest BCUT2D eigenvalue weighted by molar-refractivity contribution is 0.670. The second-order valence-corrected chi connectivity index (χ2v) is 16.0. The van der Waals surface area contributed by atoms with Crippen LogP contribution in [0.5, 0.6) is 0 Å². The summed E-state index contributed by atoms with van der Waals surface area (Å²) in [6, 6.07) is 82.2. The van der Waals surface area contributed by atoms with Crippen LogP contribution < -0.4 is 0 Å². The number of rotatable bonds is 7. The van der Waals surface area contributed by atoms with Crippen molar-refractivity contribution in [2.45, 2.75) is 5.41 Å². The summed E-state index contributed by atoms with van der Waals surface area (Å²) in [6.45, 7) is 0. The van der Waals surface area contributed by atoms with Crippen LogP contribution in [0.15, 0.2) is 235 Å². The van der Waals surface area contributed by atoms with Crippen LogP contribution in [0.4, 0.5) is 0 Å². The molecular formula is C59H38N2O. The van der Waals surface area contributed by atoms with Crippen LogP contribution in [0.3, 0.4) is 0 Å². The molecule has 0 N–H and O–H groups in total. The molecule has 0 amide bonds. The molecule has 1 aliphatic rings. The van der Waals surface area contributed by atoms with E-state index in [9.17, 15) is 0 Å². The fraction of sp³-hybridized carbons (Fsp3) is 0.0169. The number of hydrogen-bond donors (Lipinski definition) is 0. The summed E-state index contributed by atoms with van der Waals surface area (Å²) in [5.41, 5.74) is 18.0. The van der Waals surface area contributed by atoms with Gasteiger partial charge in [0.2, 0.25) is 0 Å². The van der Waals surface area contributed by atoms with Crippen molar-refractivity contribution < 1.29 is 4.42 Å². The van der Waals surface area contributed by atoms with Crippen molar-refractivity contribution in [3.05, 3.63) is 253 Å². The van der Waals surface area contributed by atoms with Crippen LogP contribution in [0.1, 0.15) is 22.3 Å². The third-order valence-corrected chi connectivity index (χ3v) is 12.6. The maximum atomic E-state index is 6.46. The number of benzene rings is 9. The Kier molecular flexibility index (Phi) is 8.39. The van der Waals surface area contributed by atoms with Crippen molar-refractivity contribution in [1.82, 2.24) is 9.97 Å². The first kappa shape index (κ1) is 35.8. The molecule has 3 heteroatoms. The third-order valence-electron chi connectivity index (χ3n) is 12.6. The zero-order valence-corrected chi connectivity index (χ0v) is 33.7. The molecule has 3 nitrogen and oxygen atoms in total. The van der Waals surface area contributed by atoms with Gasteiger partial charge in [-0.1, -0.05) is 212 Å². The van der Waals surface area contributed by atoms with E-state index in [4.69, 9.17) is 14.4 Å². The molecule has 0 atom stereocenters. The predicted octanol–water partition coefficient (Wildman–Crippen LogP) is 15.1. The monoisotopic (exact) mass is 790 g/mol. The summed E-state index contributed by atoms with van der Waals surface area (Å²) in [5.74, 6) is 0.677. The van der Waals surface area contributed by atoms with Crippen LogP contribution in [0.2, 0.25) is 0 Å². The summed E-state index contributed by atoms with van der Waals surface area (Å²) >= 11 is 0. The molecule has 12 rings (SSSR count). The third kappa shape index (κ3) is 5.67. The van der Waals surface area contributed by atoms with Crippen LogP contribution >= 0.6 is 0 Å². The number of para-hydroxylation sites is 2. The summed E-state index contributed by atoms with van der Waals surface area (Å²) < 4.78 is 6.46. The van der Waals surface area contributed by atoms with E-state index in [1.807, 2.05) is 30.3 Å². The van der Waals surface area contributed by atoms with Gasteiger partial charge in [-0.25, -0.2) is 9.97 Å². The maximum absolute atomic E-state index is 6.46. The summed E-state index contributed by atoms with van der Waals surface area (Å²) in [6.07, 6.45) is 0. The highest BCUT2D eigenvalue weighted by Gasteiger charge is 2.45. The molecule has 0 bridgehead atoms. The zero-order chi connectivity index (χ0) is 41.0. The average molecular weight is 791 g/mol. The number of fused-ring (bicyclic) bond motifs is 6. The van der Waals surface area contributed by atoms with Crippen LogP contribution in [-0.2, 0) is 5.41 Å². The van der Waals surface area contributed by atoms with Crippen molar-refractivity contribution in [1.29, 1.82) is 0 Å². The van der Waals surface area contributed by atoms with Gasteiger partial charge in [0.15, 0.2) is 5.82 Å². The highest BCUT2D eigenvalue weighted by atomic mass is 16.3. The molecule has 9 aromatic carbocycles. The van der Waals surface area contributed by atoms with E-state index >= 15 is 0 Å². The average Bonchev–Trinajstić information content (AvgIpc) is 3.89. The topological polar surface area (TPSA) is 38.9 Å². The SMILES string of the molecule is c1ccc(-c2nc(-c3cccc(-c4cccc5c4oc4ccccc45)c3)cc(-c3ccccc3-c3ccc(C4(c5ccccc5)c5ccccc5-c5ccccc54)cc3)n2)cc1. The lowest BCUT2D eigenvalue weighted by Crippen LogP contribution is -2.28. The van der Waals surface area contributed by atoms with Gasteiger partial charge >= 0.3 is 0 Å². The van der Waals surface area contributed by atoms with Crippen molar-refractivity contribution in [3.8, 4) is 67.3 Å². The van der Waals surface area contributed by atoms with Gasteiger partial charge in [0.05, 0.1) is 16.8 Å². The van der Waals surface area contributed by atoms with Crippen molar-refractivity contribution in [3.63, 3.8) is 0 Å². The molecule has 0 unspecified atom stereocenters. The number of aromatic nitrogens is 2. The Morgan fingerprint density at radius 2 is 0.855 bits per heavy atom. The second-order valence-electron chi connectivity index (χ2n) is 16.0. The van der Waals surface area contributed by atoms with E-state index < -0.39 is 5.41 Å². The Labute approximate surface area is 360 Å². The Morgan fingerprint density at radius 3 is 1.61 bits per heavy atom. The number of furan rings is 1. The van der Waals surface area contributed by atoms with Gasteiger partial charge in [-0.2, -0.15) is 0 Å². The van der Waals surface area contributed by atoms with E-state index in [1.165, 1.54) is 33.4 Å². The van der Waals surface area contributed by atoms with E-state index in [-0.39, 0.29) is 0 Å². The smallest absolute Gasteiger partial charge is 0.160 e. The lowest BCUT2D eigenvalue weighted by atomic mass is 9.67. The fourth-order valence-corrected chi connectivity index (χ4v) is 9.84. The summed E-state index contributed by atoms with van der Waals surface area (Å²) in [4.78, 5) is 10.5. The summed E-state index contributed by atoms with van der Waals surface area (Å²) in [5, 5.41) is 2.23. The minimum absolute atomic E-state index is 0.455. The molecule has 0 spiro atoms. The zero-order valence-electron chi connectivity index (χ0n) is 33.7. The molecule has 0 radical (unpaired) electrons. The van der Waals surface area contributed by atoms with Gasteiger partial charge in [-0.3, -0.25) is 0 Å². The molecule has 0 fully saturated rings. The Morgan fingerprint density at radius 1 is 0.323 bits per heavy atom. The minimum Gasteiger partial charge on any atom is -0.455 e. The predicted molar refractivity (Wildman–Crippen MR) is 254 cm³/mol. The lowest BCUT2D eigenvalue weighted by Gasteiger charge is -2.34. The van der Waals surface area contributed by atoms with Crippen LogP contribution in [0.25, 0.3) is 89.2 Å². The van der Waals surface area contributed by atoms with Gasteiger partial charge in [-0.05, 0) is 68.3 Å². The van der Waals surface area contributed by atoms with Crippen LogP contribution in [0, 0.1) is 0 Å². The fourth-order valence-electron chi connectivity index (χ4n) is 9.84. The van der Waals surface area contributed by atoms with Gasteiger partial charge in [-0.15, -0.1) is 0 Å². The molecule has 0 saturated heterocycles. The first-order chi connectivity index (χ1) is 30.7. The standard InChI is InChI=1S/C59H38N2O/c1-3-17-40(18-4-1)58-60-54(42-20-15-19-41(37-42)46-28-16-29-51-50-27-11-14-32-56(50)62-57(46)51)38-55(61-58)49-26-8-7-23-45(49)39-33-35-44(36-34-39)59(43-21-5-2-6-22-43)52-30-12-9-24-47(52)48-25-10-13-31-53(48)59/h1-38H. The number of hydrogen-bond acceptors (Lipinski definition) is 3. The largest absolute Gasteiger partial charge is 0.455 e. The molecule has 62 heavy (non-hydrogen) atoms. The Hall–Kier alpha value is -8.14. The summed E-state index contributed by atoms with van der Waals surface area (Å²) in [7, 11) is 0. The quantitative estimate of drug-likeness (QED) is 0.161. The highest BCUT2D eigenvalue weighted by molar-refractivity contribution is 6.09. The first-order valence-corrected chi connectivity index (χ1v) is 21.1. The normalized spacial score (nSPS) is 12.6. The molecule has 2 heterocycles. The van der Waals surface area contributed by atoms with Crippen molar-refractivity contribution >= 4 is 21.9 Å². The molecule has 0 saturated carbocycles. The molecule has 1 aliphatic carbocycles. The molecule has 2 aromatic heterocycles. The van der Waals surface area contributed by atoms with E-state index in [2.05, 4.69) is 200 Å². The number of nitrogens with zero attached hydrogens (tertiary/aromatic N) is 2. The molecule has 11 aromatic rings. The Balaban J connectivity index is 0.989. The molecular weight excluding hydrogens is 753 g/mol. The minimum atomic E-state index is -0.455. The van der Waals surface area contributed by atoms with Crippen molar-refractivity contribution in [2.24, 2.45) is 0 Å². The van der Waals surface area contributed by atoms with Gasteiger partial charge in [0.1, 0.15) is 11.2 Å². The van der Waals surface area contributed by atoms with Gasteiger partial charge in [0.25, 0.3) is 0 Å². The van der Waals surface area contributed by atoms with Crippen molar-refractivity contribution in [2.75, 3.05) is 0 Å². The molecule has 0 aliphatic heterocycles. The second kappa shape index (κ2) is 14.5. The van der Waals surface area contributed by atoms with Crippen LogP contribution in [-0.4, -0.2) is 9.97 Å². The Bertz CT molecular complexity index is 3410. The highest BCUT2D eigenvalue weighted by Crippen LogP contribution is 2.56. The maximum Gasteiger partial charge on any atom is 0.160 e. The van der Waals surface area contributed by atoms with E-state index in [0.717, 1.165) is 72.3 Å². The van der Waals surface area contributed by atoms with Gasteiger partial charge in [0, 0.05) is 33.0 Å². The van der Waals surface area contributed by atoms with E-state index in [1.54, 1.807) is 0 Å². The first-order valence-electron chi connectivity index (χ1n) is 21.1. The molecule has 290 valence electrons. The van der Waals surface area contributed by atoms with Gasteiger partial charge < -0.3 is 4.42 Å². The van der Waals surface area contributed by atoms with E-state index in [0.29, 0.717) is 5.82 Å².